The second kappa shape index (κ2) is 10.3. The highest BCUT2D eigenvalue weighted by Gasteiger charge is 2.43. The molecule has 12 heteroatoms. The van der Waals surface area contributed by atoms with Crippen LogP contribution in [-0.4, -0.2) is 57.3 Å². The Bertz CT molecular complexity index is 1270. The van der Waals surface area contributed by atoms with Crippen molar-refractivity contribution in [1.82, 2.24) is 14.6 Å². The van der Waals surface area contributed by atoms with Crippen molar-refractivity contribution in [3.63, 3.8) is 0 Å². The van der Waals surface area contributed by atoms with Gasteiger partial charge in [-0.3, -0.25) is 19.2 Å². The van der Waals surface area contributed by atoms with Crippen molar-refractivity contribution in [3.05, 3.63) is 70.0 Å². The monoisotopic (exact) mass is 531 g/mol. The first-order valence-electron chi connectivity index (χ1n) is 11.0. The number of carbonyl (C=O) groups is 1. The minimum atomic E-state index is -3.25. The SMILES string of the molecule is COc1ccc(CNc2csc([C@]3(C)CS(O)(O)N(C)C(NC(=O)c4ccccc4)=N3)n2)c(OC)c1. The number of methoxy groups -OCH3 is 2. The van der Waals surface area contributed by atoms with Crippen LogP contribution in [0, 0.1) is 0 Å². The van der Waals surface area contributed by atoms with Gasteiger partial charge >= 0.3 is 0 Å². The first-order valence-corrected chi connectivity index (χ1v) is 13.6. The third kappa shape index (κ3) is 5.41. The molecule has 2 heterocycles. The van der Waals surface area contributed by atoms with E-state index in [4.69, 9.17) is 14.5 Å². The number of ether oxygens (including phenoxy) is 2. The lowest BCUT2D eigenvalue weighted by Gasteiger charge is -2.49. The molecule has 192 valence electrons. The Kier molecular flexibility index (Phi) is 7.41. The van der Waals surface area contributed by atoms with Gasteiger partial charge in [-0.05, 0) is 31.2 Å². The molecular weight excluding hydrogens is 502 g/mol. The van der Waals surface area contributed by atoms with Gasteiger partial charge in [0.2, 0.25) is 5.96 Å². The number of hydrogen-bond acceptors (Lipinski definition) is 10. The van der Waals surface area contributed by atoms with Gasteiger partial charge in [0.05, 0.1) is 20.0 Å². The van der Waals surface area contributed by atoms with Gasteiger partial charge in [-0.25, -0.2) is 14.3 Å². The zero-order valence-electron chi connectivity index (χ0n) is 20.4. The molecule has 0 radical (unpaired) electrons. The predicted octanol–water partition coefficient (Wildman–Crippen LogP) is 4.38. The number of benzene rings is 2. The van der Waals surface area contributed by atoms with Crippen LogP contribution >= 0.6 is 22.1 Å². The molecule has 0 fully saturated rings. The molecule has 0 saturated heterocycles. The maximum atomic E-state index is 12.7. The highest BCUT2D eigenvalue weighted by atomic mass is 32.3. The zero-order chi connectivity index (χ0) is 25.9. The van der Waals surface area contributed by atoms with Gasteiger partial charge in [-0.15, -0.1) is 22.1 Å². The standard InChI is InChI=1S/C24H29N5O5S2/c1-24(15-36(31,32)29(2)23(28-24)27-21(30)16-8-6-5-7-9-16)22-26-20(14-35-22)25-13-17-10-11-18(33-3)12-19(17)34-4/h5-12,14,25,31-32H,13,15H2,1-4H3,(H,27,28,30)/t24-/m0/s1. The molecule has 1 atom stereocenters. The first kappa shape index (κ1) is 25.8. The lowest BCUT2D eigenvalue weighted by atomic mass is 10.1. The largest absolute Gasteiger partial charge is 0.497 e. The molecular formula is C24H29N5O5S2. The highest BCUT2D eigenvalue weighted by molar-refractivity contribution is 8.22. The molecule has 1 aliphatic heterocycles. The summed E-state index contributed by atoms with van der Waals surface area (Å²) >= 11 is 1.35. The summed E-state index contributed by atoms with van der Waals surface area (Å²) in [6.45, 7) is 2.24. The lowest BCUT2D eigenvalue weighted by molar-refractivity contribution is 0.0974. The summed E-state index contributed by atoms with van der Waals surface area (Å²) in [6, 6.07) is 14.3. The van der Waals surface area contributed by atoms with Gasteiger partial charge < -0.3 is 14.8 Å². The van der Waals surface area contributed by atoms with E-state index in [-0.39, 0.29) is 11.7 Å². The summed E-state index contributed by atoms with van der Waals surface area (Å²) in [5.74, 6) is 1.64. The van der Waals surface area contributed by atoms with E-state index in [9.17, 15) is 13.9 Å². The number of hydrogen-bond donors (Lipinski definition) is 4. The Labute approximate surface area is 215 Å². The molecule has 1 aromatic heterocycles. The number of anilines is 1. The van der Waals surface area contributed by atoms with Crippen LogP contribution in [0.15, 0.2) is 58.9 Å². The van der Waals surface area contributed by atoms with Crippen molar-refractivity contribution in [3.8, 4) is 11.5 Å². The number of amides is 1. The zero-order valence-corrected chi connectivity index (χ0v) is 22.0. The maximum absolute atomic E-state index is 12.7. The summed E-state index contributed by atoms with van der Waals surface area (Å²) in [6.07, 6.45) is 0. The fourth-order valence-electron chi connectivity index (χ4n) is 3.71. The van der Waals surface area contributed by atoms with Crippen molar-refractivity contribution in [2.45, 2.75) is 19.0 Å². The molecule has 4 rings (SSSR count). The quantitative estimate of drug-likeness (QED) is 0.354. The molecule has 0 bridgehead atoms. The molecule has 0 aliphatic carbocycles. The van der Waals surface area contributed by atoms with Crippen LogP contribution in [-0.2, 0) is 12.1 Å². The number of rotatable bonds is 7. The van der Waals surface area contributed by atoms with Gasteiger partial charge in [0.15, 0.2) is 0 Å². The molecule has 0 spiro atoms. The third-order valence-electron chi connectivity index (χ3n) is 5.74. The molecule has 1 aliphatic rings. The summed E-state index contributed by atoms with van der Waals surface area (Å²) in [4.78, 5) is 22.1. The first-order chi connectivity index (χ1) is 17.1. The Morgan fingerprint density at radius 1 is 1.19 bits per heavy atom. The average Bonchev–Trinajstić information content (AvgIpc) is 3.36. The summed E-state index contributed by atoms with van der Waals surface area (Å²) in [5, 5.41) is 8.43. The van der Waals surface area contributed by atoms with Crippen LogP contribution < -0.4 is 20.1 Å². The smallest absolute Gasteiger partial charge is 0.257 e. The van der Waals surface area contributed by atoms with Crippen LogP contribution in [0.1, 0.15) is 27.9 Å². The number of nitrogens with zero attached hydrogens (tertiary/aromatic N) is 3. The van der Waals surface area contributed by atoms with Gasteiger partial charge in [0, 0.05) is 36.2 Å². The van der Waals surface area contributed by atoms with Gasteiger partial charge in [-0.1, -0.05) is 18.2 Å². The summed E-state index contributed by atoms with van der Waals surface area (Å²) in [5.41, 5.74) is 0.316. The topological polar surface area (TPSA) is 129 Å². The van der Waals surface area contributed by atoms with E-state index in [1.165, 1.54) is 22.7 Å². The van der Waals surface area contributed by atoms with Gasteiger partial charge in [0.1, 0.15) is 27.9 Å². The normalized spacial score (nSPS) is 19.7. The van der Waals surface area contributed by atoms with E-state index in [1.807, 2.05) is 29.6 Å². The molecule has 3 aromatic rings. The predicted molar refractivity (Wildman–Crippen MR) is 143 cm³/mol. The second-order valence-corrected chi connectivity index (χ2v) is 11.3. The number of thiazole rings is 1. The number of carbonyl (C=O) groups excluding carboxylic acids is 1. The van der Waals surface area contributed by atoms with Crippen molar-refractivity contribution in [2.75, 3.05) is 32.3 Å². The van der Waals surface area contributed by atoms with Crippen LogP contribution in [0.2, 0.25) is 0 Å². The van der Waals surface area contributed by atoms with Crippen molar-refractivity contribution in [1.29, 1.82) is 0 Å². The number of aliphatic imine (C=N–C) groups is 1. The lowest BCUT2D eigenvalue weighted by Crippen LogP contribution is -2.51. The molecule has 2 aromatic carbocycles. The van der Waals surface area contributed by atoms with E-state index in [0.29, 0.717) is 34.4 Å². The van der Waals surface area contributed by atoms with Crippen LogP contribution in [0.4, 0.5) is 5.82 Å². The minimum absolute atomic E-state index is 0.0551. The molecule has 0 unspecified atom stereocenters. The molecule has 1 amide bonds. The van der Waals surface area contributed by atoms with Crippen molar-refractivity contribution in [2.24, 2.45) is 4.99 Å². The summed E-state index contributed by atoms with van der Waals surface area (Å²) < 4.78 is 33.6. The Morgan fingerprint density at radius 3 is 2.64 bits per heavy atom. The van der Waals surface area contributed by atoms with E-state index >= 15 is 0 Å². The van der Waals surface area contributed by atoms with Gasteiger partial charge in [-0.2, -0.15) is 0 Å². The second-order valence-electron chi connectivity index (χ2n) is 8.37. The summed E-state index contributed by atoms with van der Waals surface area (Å²) in [7, 11) is 1.45. The van der Waals surface area contributed by atoms with Crippen LogP contribution in [0.25, 0.3) is 0 Å². The highest BCUT2D eigenvalue weighted by Crippen LogP contribution is 2.52. The van der Waals surface area contributed by atoms with Gasteiger partial charge in [0.25, 0.3) is 5.91 Å². The van der Waals surface area contributed by atoms with E-state index in [1.54, 1.807) is 45.4 Å². The molecule has 0 saturated carbocycles. The van der Waals surface area contributed by atoms with Crippen molar-refractivity contribution >= 4 is 39.8 Å². The fraction of sp³-hybridized carbons (Fsp3) is 0.292. The van der Waals surface area contributed by atoms with Crippen molar-refractivity contribution < 1.29 is 23.4 Å². The molecule has 36 heavy (non-hydrogen) atoms. The molecule has 4 N–H and O–H groups in total. The average molecular weight is 532 g/mol. The Hall–Kier alpha value is -3.32. The van der Waals surface area contributed by atoms with E-state index < -0.39 is 22.2 Å². The fourth-order valence-corrected chi connectivity index (χ4v) is 6.20. The van der Waals surface area contributed by atoms with E-state index in [2.05, 4.69) is 15.6 Å². The Balaban J connectivity index is 1.55. The molecule has 10 nitrogen and oxygen atoms in total. The van der Waals surface area contributed by atoms with Crippen LogP contribution in [0.5, 0.6) is 11.5 Å². The number of guanidine groups is 1. The maximum Gasteiger partial charge on any atom is 0.257 e. The third-order valence-corrected chi connectivity index (χ3v) is 8.84. The number of aromatic nitrogens is 1. The van der Waals surface area contributed by atoms with Crippen LogP contribution in [0.3, 0.4) is 0 Å². The number of nitrogens with one attached hydrogen (secondary N) is 2. The Morgan fingerprint density at radius 2 is 1.94 bits per heavy atom. The minimum Gasteiger partial charge on any atom is -0.497 e. The van der Waals surface area contributed by atoms with E-state index in [0.717, 1.165) is 5.56 Å².